The van der Waals surface area contributed by atoms with Gasteiger partial charge in [-0.25, -0.2) is 0 Å². The van der Waals surface area contributed by atoms with Crippen molar-refractivity contribution in [3.05, 3.63) is 24.6 Å². The highest BCUT2D eigenvalue weighted by Crippen LogP contribution is 1.58. The van der Waals surface area contributed by atoms with E-state index in [-0.39, 0.29) is 0 Å². The fourth-order valence-electron chi connectivity index (χ4n) is 0. The van der Waals surface area contributed by atoms with E-state index < -0.39 is 0 Å². The second-order valence-electron chi connectivity index (χ2n) is 0.591. The Balaban J connectivity index is 0. The zero-order chi connectivity index (χ0) is 5.41. The molecular formula is C5H10S. The highest BCUT2D eigenvalue weighted by atomic mass is 32.1. The first-order valence-electron chi connectivity index (χ1n) is 1.65. The van der Waals surface area contributed by atoms with Crippen molar-refractivity contribution in [1.82, 2.24) is 0 Å². The van der Waals surface area contributed by atoms with E-state index in [0.717, 1.165) is 0 Å². The maximum atomic E-state index is 3.55. The zero-order valence-corrected chi connectivity index (χ0v) is 4.91. The van der Waals surface area contributed by atoms with Crippen molar-refractivity contribution in [2.75, 3.05) is 0 Å². The van der Waals surface area contributed by atoms with E-state index in [4.69, 9.17) is 0 Å². The molecule has 0 saturated carbocycles. The molecule has 0 aromatic carbocycles. The lowest BCUT2D eigenvalue weighted by molar-refractivity contribution is 1.80. The zero-order valence-electron chi connectivity index (χ0n) is 4.02. The molecule has 0 heterocycles. The van der Waals surface area contributed by atoms with Crippen LogP contribution >= 0.6 is 12.6 Å². The third-order valence-corrected chi connectivity index (χ3v) is 0. The smallest absolute Gasteiger partial charge is 0.0396 e. The molecule has 0 aliphatic heterocycles. The van der Waals surface area contributed by atoms with E-state index in [1.165, 1.54) is 5.41 Å². The van der Waals surface area contributed by atoms with E-state index in [0.29, 0.717) is 0 Å². The monoisotopic (exact) mass is 102 g/mol. The van der Waals surface area contributed by atoms with Crippen LogP contribution in [0.3, 0.4) is 0 Å². The molecule has 0 rings (SSSR count). The van der Waals surface area contributed by atoms with Crippen LogP contribution in [0.25, 0.3) is 0 Å². The summed E-state index contributed by atoms with van der Waals surface area (Å²) in [5.41, 5.74) is 0. The molecule has 0 atom stereocenters. The van der Waals surface area contributed by atoms with Gasteiger partial charge in [0.1, 0.15) is 0 Å². The first-order valence-corrected chi connectivity index (χ1v) is 2.17. The largest absolute Gasteiger partial charge is 0.152 e. The summed E-state index contributed by atoms with van der Waals surface area (Å²) in [4.78, 5) is 0. The van der Waals surface area contributed by atoms with Gasteiger partial charge in [-0.3, -0.25) is 0 Å². The highest BCUT2D eigenvalue weighted by Gasteiger charge is 1.15. The molecular weight excluding hydrogens is 92.1 g/mol. The molecule has 0 unspecified atom stereocenters. The predicted octanol–water partition coefficient (Wildman–Crippen LogP) is 2.25. The van der Waals surface area contributed by atoms with Crippen LogP contribution in [0.1, 0.15) is 6.92 Å². The van der Waals surface area contributed by atoms with Crippen molar-refractivity contribution in [3.8, 4) is 0 Å². The van der Waals surface area contributed by atoms with Gasteiger partial charge in [0.05, 0.1) is 0 Å². The van der Waals surface area contributed by atoms with Crippen molar-refractivity contribution < 1.29 is 0 Å². The Bertz CT molecular complexity index is 24.9. The lowest BCUT2D eigenvalue weighted by atomic mass is 10.8. The summed E-state index contributed by atoms with van der Waals surface area (Å²) < 4.78 is 0. The number of rotatable bonds is 0. The Kier molecular flexibility index (Phi) is 32.7. The van der Waals surface area contributed by atoms with Crippen LogP contribution in [0.4, 0.5) is 0 Å². The van der Waals surface area contributed by atoms with Crippen molar-refractivity contribution >= 4 is 12.6 Å². The second-order valence-corrected chi connectivity index (χ2v) is 0.956. The minimum Gasteiger partial charge on any atom is -0.152 e. The molecule has 0 fully saturated rings. The Morgan fingerprint density at radius 1 is 1.50 bits per heavy atom. The SMILES string of the molecule is C=CC.C=CS. The van der Waals surface area contributed by atoms with Crippen LogP contribution in [-0.2, 0) is 0 Å². The summed E-state index contributed by atoms with van der Waals surface area (Å²) >= 11 is 3.55. The molecule has 1 heteroatoms. The number of thiol groups is 1. The molecule has 0 bridgehead atoms. The molecule has 6 heavy (non-hydrogen) atoms. The minimum absolute atomic E-state index is 1.44. The molecule has 0 radical (unpaired) electrons. The molecule has 0 aliphatic carbocycles. The molecule has 0 spiro atoms. The summed E-state index contributed by atoms with van der Waals surface area (Å²) in [6.07, 6.45) is 1.75. The Morgan fingerprint density at radius 3 is 1.50 bits per heavy atom. The van der Waals surface area contributed by atoms with E-state index in [2.05, 4.69) is 25.8 Å². The van der Waals surface area contributed by atoms with Gasteiger partial charge in [0.2, 0.25) is 0 Å². The Hall–Kier alpha value is -0.170. The normalized spacial score (nSPS) is 4.33. The van der Waals surface area contributed by atoms with Crippen LogP contribution in [-0.4, -0.2) is 0 Å². The molecule has 0 aliphatic rings. The van der Waals surface area contributed by atoms with Crippen LogP contribution < -0.4 is 0 Å². The van der Waals surface area contributed by atoms with E-state index in [1.54, 1.807) is 6.08 Å². The fraction of sp³-hybridized carbons (Fsp3) is 0.200. The topological polar surface area (TPSA) is 0 Å². The Labute approximate surface area is 45.0 Å². The lowest BCUT2D eigenvalue weighted by Crippen LogP contribution is -1.07. The average Bonchev–Trinajstić information content (AvgIpc) is 1.39. The van der Waals surface area contributed by atoms with Gasteiger partial charge in [0.15, 0.2) is 0 Å². The van der Waals surface area contributed by atoms with Crippen molar-refractivity contribution in [1.29, 1.82) is 0 Å². The van der Waals surface area contributed by atoms with Crippen molar-refractivity contribution in [2.24, 2.45) is 0 Å². The van der Waals surface area contributed by atoms with E-state index in [9.17, 15) is 0 Å². The van der Waals surface area contributed by atoms with E-state index >= 15 is 0 Å². The van der Waals surface area contributed by atoms with Gasteiger partial charge >= 0.3 is 0 Å². The molecule has 36 valence electrons. The van der Waals surface area contributed by atoms with Crippen molar-refractivity contribution in [3.63, 3.8) is 0 Å². The molecule has 0 saturated heterocycles. The van der Waals surface area contributed by atoms with Gasteiger partial charge in [-0.2, -0.15) is 12.6 Å². The third kappa shape index (κ3) is 1060. The van der Waals surface area contributed by atoms with Crippen molar-refractivity contribution in [2.45, 2.75) is 6.92 Å². The second kappa shape index (κ2) is 21.2. The minimum atomic E-state index is 1.44. The quantitative estimate of drug-likeness (QED) is 0.352. The summed E-state index contributed by atoms with van der Waals surface area (Å²) in [6.45, 7) is 8.48. The van der Waals surface area contributed by atoms with Gasteiger partial charge < -0.3 is 0 Å². The van der Waals surface area contributed by atoms with Gasteiger partial charge in [-0.05, 0) is 12.3 Å². The van der Waals surface area contributed by atoms with Gasteiger partial charge in [-0.1, -0.05) is 12.7 Å². The van der Waals surface area contributed by atoms with Gasteiger partial charge in [0, 0.05) is 0 Å². The number of hydrogen-bond donors (Lipinski definition) is 1. The van der Waals surface area contributed by atoms with Crippen LogP contribution in [0.15, 0.2) is 24.6 Å². The van der Waals surface area contributed by atoms with Crippen LogP contribution in [0.2, 0.25) is 0 Å². The number of allylic oxidation sites excluding steroid dienone is 1. The third-order valence-electron chi connectivity index (χ3n) is 0. The molecule has 0 amide bonds. The molecule has 0 aromatic rings. The van der Waals surface area contributed by atoms with Gasteiger partial charge in [0.25, 0.3) is 0 Å². The maximum absolute atomic E-state index is 3.55. The van der Waals surface area contributed by atoms with Gasteiger partial charge in [-0.15, -0.1) is 6.58 Å². The molecule has 0 N–H and O–H groups in total. The standard InChI is InChI=1S/C3H6.C2H4S/c1-3-2;1-2-3/h3H,1H2,2H3;2-3H,1H2. The first-order chi connectivity index (χ1) is 2.83. The maximum Gasteiger partial charge on any atom is -0.0396 e. The van der Waals surface area contributed by atoms with E-state index in [1.807, 2.05) is 6.92 Å². The predicted molar refractivity (Wildman–Crippen MR) is 35.1 cm³/mol. The lowest BCUT2D eigenvalue weighted by Gasteiger charge is -1.31. The van der Waals surface area contributed by atoms with Crippen LogP contribution in [0, 0.1) is 0 Å². The highest BCUT2D eigenvalue weighted by molar-refractivity contribution is 7.83. The molecule has 0 nitrogen and oxygen atoms in total. The average molecular weight is 102 g/mol. The van der Waals surface area contributed by atoms with Crippen LogP contribution in [0.5, 0.6) is 0 Å². The summed E-state index contributed by atoms with van der Waals surface area (Å²) in [7, 11) is 0. The fourth-order valence-corrected chi connectivity index (χ4v) is 0. The molecule has 0 aromatic heterocycles. The number of hydrogen-bond acceptors (Lipinski definition) is 1. The summed E-state index contributed by atoms with van der Waals surface area (Å²) in [6, 6.07) is 0. The Morgan fingerprint density at radius 2 is 1.50 bits per heavy atom. The first kappa shape index (κ1) is 9.27. The summed E-state index contributed by atoms with van der Waals surface area (Å²) in [5.74, 6) is 0. The summed E-state index contributed by atoms with van der Waals surface area (Å²) in [5, 5.41) is 1.44.